The minimum absolute atomic E-state index is 0.0170. The quantitative estimate of drug-likeness (QED) is 0.828. The fourth-order valence-electron chi connectivity index (χ4n) is 3.33. The van der Waals surface area contributed by atoms with Gasteiger partial charge in [-0.1, -0.05) is 32.9 Å². The van der Waals surface area contributed by atoms with E-state index in [0.717, 1.165) is 16.7 Å². The molecule has 1 aromatic carbocycles. The number of sulfonamides is 1. The molecule has 6 heteroatoms. The van der Waals surface area contributed by atoms with Crippen molar-refractivity contribution in [3.63, 3.8) is 0 Å². The molecule has 1 fully saturated rings. The Balaban J connectivity index is 2.31. The van der Waals surface area contributed by atoms with Crippen LogP contribution in [0.1, 0.15) is 44.4 Å². The standard InChI is InChI=1S/C19H29N3O2S/c1-14-11-17(19(4,5)6)12-15(2)18(14)25(23,24)22-9-7-21(8-10-22)16(3)13-20/h11-12,16H,7-10H2,1-6H3/t16-/m0/s1. The van der Waals surface area contributed by atoms with Crippen molar-refractivity contribution < 1.29 is 8.42 Å². The first-order chi connectivity index (χ1) is 11.5. The van der Waals surface area contributed by atoms with Gasteiger partial charge in [0.25, 0.3) is 0 Å². The molecule has 5 nitrogen and oxygen atoms in total. The molecule has 0 radical (unpaired) electrons. The summed E-state index contributed by atoms with van der Waals surface area (Å²) in [6.45, 7) is 14.0. The zero-order valence-electron chi connectivity index (χ0n) is 16.1. The molecule has 0 spiro atoms. The molecule has 1 atom stereocenters. The van der Waals surface area contributed by atoms with Crippen LogP contribution < -0.4 is 0 Å². The largest absolute Gasteiger partial charge is 0.286 e. The average molecular weight is 364 g/mol. The summed E-state index contributed by atoms with van der Waals surface area (Å²) in [5, 5.41) is 9.03. The summed E-state index contributed by atoms with van der Waals surface area (Å²) in [5.41, 5.74) is 2.74. The lowest BCUT2D eigenvalue weighted by molar-refractivity contribution is 0.169. The van der Waals surface area contributed by atoms with Gasteiger partial charge in [0.15, 0.2) is 0 Å². The Morgan fingerprint density at radius 1 is 1.08 bits per heavy atom. The van der Waals surface area contributed by atoms with Crippen molar-refractivity contribution >= 4 is 10.0 Å². The second-order valence-electron chi connectivity index (χ2n) is 7.93. The topological polar surface area (TPSA) is 64.4 Å². The molecule has 25 heavy (non-hydrogen) atoms. The third kappa shape index (κ3) is 4.05. The Morgan fingerprint density at radius 3 is 1.96 bits per heavy atom. The van der Waals surface area contributed by atoms with Gasteiger partial charge >= 0.3 is 0 Å². The fraction of sp³-hybridized carbons (Fsp3) is 0.632. The van der Waals surface area contributed by atoms with E-state index in [1.807, 2.05) is 37.8 Å². The van der Waals surface area contributed by atoms with Gasteiger partial charge in [0.05, 0.1) is 17.0 Å². The third-order valence-corrected chi connectivity index (χ3v) is 7.14. The first-order valence-corrected chi connectivity index (χ1v) is 10.2. The molecule has 0 aliphatic carbocycles. The van der Waals surface area contributed by atoms with E-state index in [-0.39, 0.29) is 11.5 Å². The van der Waals surface area contributed by atoms with Crippen molar-refractivity contribution in [1.82, 2.24) is 9.21 Å². The maximum absolute atomic E-state index is 13.2. The first-order valence-electron chi connectivity index (χ1n) is 8.74. The van der Waals surface area contributed by atoms with Crippen LogP contribution >= 0.6 is 0 Å². The highest BCUT2D eigenvalue weighted by Gasteiger charge is 2.32. The molecular formula is C19H29N3O2S. The second-order valence-corrected chi connectivity index (χ2v) is 9.81. The molecule has 2 rings (SSSR count). The van der Waals surface area contributed by atoms with Crippen LogP contribution in [0.25, 0.3) is 0 Å². The predicted octanol–water partition coefficient (Wildman–Crippen LogP) is 2.82. The van der Waals surface area contributed by atoms with Crippen LogP contribution in [0.15, 0.2) is 17.0 Å². The smallest absolute Gasteiger partial charge is 0.243 e. The molecule has 0 aromatic heterocycles. The molecule has 1 aliphatic heterocycles. The Kier molecular flexibility index (Phi) is 5.62. The van der Waals surface area contributed by atoms with Gasteiger partial charge in [-0.15, -0.1) is 0 Å². The summed E-state index contributed by atoms with van der Waals surface area (Å²) in [5.74, 6) is 0. The van der Waals surface area contributed by atoms with Crippen LogP contribution in [0.5, 0.6) is 0 Å². The summed E-state index contributed by atoms with van der Waals surface area (Å²) in [6.07, 6.45) is 0. The van der Waals surface area contributed by atoms with Crippen molar-refractivity contribution in [2.75, 3.05) is 26.2 Å². The van der Waals surface area contributed by atoms with Gasteiger partial charge in [0.2, 0.25) is 10.0 Å². The lowest BCUT2D eigenvalue weighted by atomic mass is 9.85. The van der Waals surface area contributed by atoms with E-state index < -0.39 is 10.0 Å². The molecule has 0 unspecified atom stereocenters. The maximum Gasteiger partial charge on any atom is 0.243 e. The summed E-state index contributed by atoms with van der Waals surface area (Å²) >= 11 is 0. The zero-order valence-corrected chi connectivity index (χ0v) is 16.9. The first kappa shape index (κ1) is 19.9. The number of hydrogen-bond acceptors (Lipinski definition) is 4. The maximum atomic E-state index is 13.2. The molecule has 1 heterocycles. The number of hydrogen-bond donors (Lipinski definition) is 0. The highest BCUT2D eigenvalue weighted by molar-refractivity contribution is 7.89. The summed E-state index contributed by atoms with van der Waals surface area (Å²) < 4.78 is 27.9. The Hall–Kier alpha value is -1.42. The Morgan fingerprint density at radius 2 is 1.56 bits per heavy atom. The minimum Gasteiger partial charge on any atom is -0.286 e. The van der Waals surface area contributed by atoms with E-state index in [2.05, 4.69) is 26.8 Å². The highest BCUT2D eigenvalue weighted by Crippen LogP contribution is 2.31. The summed E-state index contributed by atoms with van der Waals surface area (Å²) in [7, 11) is -3.52. The van der Waals surface area contributed by atoms with Crippen LogP contribution in [0.2, 0.25) is 0 Å². The van der Waals surface area contributed by atoms with E-state index >= 15 is 0 Å². The third-order valence-electron chi connectivity index (χ3n) is 4.93. The van der Waals surface area contributed by atoms with Crippen LogP contribution in [0.4, 0.5) is 0 Å². The lowest BCUT2D eigenvalue weighted by Gasteiger charge is -2.35. The van der Waals surface area contributed by atoms with E-state index in [4.69, 9.17) is 5.26 Å². The number of aryl methyl sites for hydroxylation is 2. The van der Waals surface area contributed by atoms with E-state index in [1.165, 1.54) is 0 Å². The minimum atomic E-state index is -3.52. The number of benzene rings is 1. The Labute approximate surface area is 152 Å². The number of rotatable bonds is 3. The number of piperazine rings is 1. The second kappa shape index (κ2) is 7.06. The molecule has 1 saturated heterocycles. The van der Waals surface area contributed by atoms with Crippen LogP contribution in [-0.2, 0) is 15.4 Å². The SMILES string of the molecule is Cc1cc(C(C)(C)C)cc(C)c1S(=O)(=O)N1CCN([C@@H](C)C#N)CC1. The van der Waals surface area contributed by atoms with Crippen molar-refractivity contribution in [1.29, 1.82) is 5.26 Å². The molecule has 1 aliphatic rings. The van der Waals surface area contributed by atoms with Gasteiger partial charge in [-0.25, -0.2) is 8.42 Å². The van der Waals surface area contributed by atoms with E-state index in [9.17, 15) is 8.42 Å². The Bertz CT molecular complexity index is 757. The average Bonchev–Trinajstić information content (AvgIpc) is 2.52. The molecule has 138 valence electrons. The van der Waals surface area contributed by atoms with E-state index in [0.29, 0.717) is 31.1 Å². The molecule has 0 N–H and O–H groups in total. The van der Waals surface area contributed by atoms with Gasteiger partial charge in [-0.3, -0.25) is 4.90 Å². The normalized spacial score (nSPS) is 18.8. The van der Waals surface area contributed by atoms with Gasteiger partial charge < -0.3 is 0 Å². The molecular weight excluding hydrogens is 334 g/mol. The molecule has 1 aromatic rings. The van der Waals surface area contributed by atoms with Gasteiger partial charge in [0.1, 0.15) is 0 Å². The number of nitrogens with zero attached hydrogens (tertiary/aromatic N) is 3. The van der Waals surface area contributed by atoms with Crippen molar-refractivity contribution in [2.24, 2.45) is 0 Å². The van der Waals surface area contributed by atoms with E-state index in [1.54, 1.807) is 4.31 Å². The predicted molar refractivity (Wildman–Crippen MR) is 100 cm³/mol. The van der Waals surface area contributed by atoms with Crippen molar-refractivity contribution in [2.45, 2.75) is 57.9 Å². The molecule has 0 amide bonds. The summed E-state index contributed by atoms with van der Waals surface area (Å²) in [6, 6.07) is 6.02. The molecule has 0 bridgehead atoms. The summed E-state index contributed by atoms with van der Waals surface area (Å²) in [4.78, 5) is 2.45. The van der Waals surface area contributed by atoms with Gasteiger partial charge in [-0.2, -0.15) is 9.57 Å². The van der Waals surface area contributed by atoms with Crippen molar-refractivity contribution in [3.05, 3.63) is 28.8 Å². The molecule has 0 saturated carbocycles. The van der Waals surface area contributed by atoms with Crippen molar-refractivity contribution in [3.8, 4) is 6.07 Å². The fourth-order valence-corrected chi connectivity index (χ4v) is 5.17. The van der Waals surface area contributed by atoms with Crippen LogP contribution in [0.3, 0.4) is 0 Å². The lowest BCUT2D eigenvalue weighted by Crippen LogP contribution is -2.51. The highest BCUT2D eigenvalue weighted by atomic mass is 32.2. The van der Waals surface area contributed by atoms with Crippen LogP contribution in [0, 0.1) is 25.2 Å². The monoisotopic (exact) mass is 363 g/mol. The van der Waals surface area contributed by atoms with Gasteiger partial charge in [0, 0.05) is 26.2 Å². The number of nitriles is 1. The van der Waals surface area contributed by atoms with Gasteiger partial charge in [-0.05, 0) is 42.9 Å². The zero-order chi connectivity index (χ0) is 19.0. The van der Waals surface area contributed by atoms with Crippen LogP contribution in [-0.4, -0.2) is 49.8 Å².